The third-order valence-corrected chi connectivity index (χ3v) is 4.34. The molecule has 0 aliphatic carbocycles. The van der Waals surface area contributed by atoms with Gasteiger partial charge in [0.15, 0.2) is 0 Å². The number of rotatable bonds is 8. The Labute approximate surface area is 165 Å². The van der Waals surface area contributed by atoms with Gasteiger partial charge in [0.25, 0.3) is 5.91 Å². The summed E-state index contributed by atoms with van der Waals surface area (Å²) < 4.78 is 0. The molecular formula is C22H25ClN2O2. The Morgan fingerprint density at radius 1 is 1.00 bits per heavy atom. The standard InChI is InChI=1S/C22H25ClN2O2/c1-3-15-25(16-4-2)22(27)18-9-12-19(13-10-18)24-21(26)14-11-17-7-5-6-8-20(17)23/h5-14H,3-4,15-16H2,1-2H3,(H,24,26)/b14-11+. The van der Waals surface area contributed by atoms with Gasteiger partial charge in [0.2, 0.25) is 5.91 Å². The van der Waals surface area contributed by atoms with Gasteiger partial charge in [-0.05, 0) is 54.8 Å². The smallest absolute Gasteiger partial charge is 0.253 e. The van der Waals surface area contributed by atoms with E-state index in [9.17, 15) is 9.59 Å². The van der Waals surface area contributed by atoms with Crippen molar-refractivity contribution in [2.45, 2.75) is 26.7 Å². The minimum Gasteiger partial charge on any atom is -0.339 e. The van der Waals surface area contributed by atoms with E-state index in [0.29, 0.717) is 16.3 Å². The average molecular weight is 385 g/mol. The second kappa shape index (κ2) is 10.5. The molecule has 0 aliphatic rings. The van der Waals surface area contributed by atoms with Crippen molar-refractivity contribution in [1.82, 2.24) is 4.90 Å². The van der Waals surface area contributed by atoms with Crippen molar-refractivity contribution in [3.05, 3.63) is 70.8 Å². The van der Waals surface area contributed by atoms with Crippen molar-refractivity contribution in [2.75, 3.05) is 18.4 Å². The molecule has 0 saturated carbocycles. The van der Waals surface area contributed by atoms with Crippen LogP contribution >= 0.6 is 11.6 Å². The lowest BCUT2D eigenvalue weighted by molar-refractivity contribution is -0.111. The molecule has 27 heavy (non-hydrogen) atoms. The molecule has 5 heteroatoms. The van der Waals surface area contributed by atoms with Crippen LogP contribution in [0.4, 0.5) is 5.69 Å². The largest absolute Gasteiger partial charge is 0.339 e. The molecular weight excluding hydrogens is 360 g/mol. The van der Waals surface area contributed by atoms with Gasteiger partial charge in [0.05, 0.1) is 0 Å². The fraction of sp³-hybridized carbons (Fsp3) is 0.273. The quantitative estimate of drug-likeness (QED) is 0.631. The molecule has 2 aromatic carbocycles. The van der Waals surface area contributed by atoms with Crippen LogP contribution in [-0.2, 0) is 4.79 Å². The summed E-state index contributed by atoms with van der Waals surface area (Å²) in [6.45, 7) is 5.62. The molecule has 4 nitrogen and oxygen atoms in total. The molecule has 0 atom stereocenters. The van der Waals surface area contributed by atoms with Crippen LogP contribution in [0.3, 0.4) is 0 Å². The van der Waals surface area contributed by atoms with E-state index in [1.807, 2.05) is 23.1 Å². The summed E-state index contributed by atoms with van der Waals surface area (Å²) in [6, 6.07) is 14.3. The maximum atomic E-state index is 12.6. The first kappa shape index (κ1) is 20.7. The average Bonchev–Trinajstić information content (AvgIpc) is 2.67. The zero-order chi connectivity index (χ0) is 19.6. The van der Waals surface area contributed by atoms with E-state index >= 15 is 0 Å². The number of anilines is 1. The van der Waals surface area contributed by atoms with Gasteiger partial charge in [-0.3, -0.25) is 9.59 Å². The van der Waals surface area contributed by atoms with Gasteiger partial charge < -0.3 is 10.2 Å². The van der Waals surface area contributed by atoms with Gasteiger partial charge in [0.1, 0.15) is 0 Å². The van der Waals surface area contributed by atoms with Gasteiger partial charge in [0, 0.05) is 35.4 Å². The number of halogens is 1. The molecule has 2 rings (SSSR count). The summed E-state index contributed by atoms with van der Waals surface area (Å²) in [7, 11) is 0. The third kappa shape index (κ3) is 6.26. The first-order valence-electron chi connectivity index (χ1n) is 9.18. The van der Waals surface area contributed by atoms with E-state index in [1.165, 1.54) is 6.08 Å². The number of carbonyl (C=O) groups is 2. The Balaban J connectivity index is 1.99. The van der Waals surface area contributed by atoms with E-state index in [1.54, 1.807) is 36.4 Å². The molecule has 0 unspecified atom stereocenters. The van der Waals surface area contributed by atoms with Gasteiger partial charge >= 0.3 is 0 Å². The molecule has 0 heterocycles. The van der Waals surface area contributed by atoms with E-state index in [4.69, 9.17) is 11.6 Å². The normalized spacial score (nSPS) is 10.8. The van der Waals surface area contributed by atoms with E-state index in [0.717, 1.165) is 31.5 Å². The third-order valence-electron chi connectivity index (χ3n) is 3.99. The van der Waals surface area contributed by atoms with Crippen molar-refractivity contribution >= 4 is 35.2 Å². The lowest BCUT2D eigenvalue weighted by atomic mass is 10.1. The van der Waals surface area contributed by atoms with Crippen LogP contribution in [0.25, 0.3) is 6.08 Å². The van der Waals surface area contributed by atoms with E-state index in [2.05, 4.69) is 19.2 Å². The number of nitrogens with one attached hydrogen (secondary N) is 1. The molecule has 0 fully saturated rings. The Kier molecular flexibility index (Phi) is 8.08. The predicted molar refractivity (Wildman–Crippen MR) is 112 cm³/mol. The van der Waals surface area contributed by atoms with Crippen LogP contribution in [0.2, 0.25) is 5.02 Å². The monoisotopic (exact) mass is 384 g/mol. The Hall–Kier alpha value is -2.59. The highest BCUT2D eigenvalue weighted by molar-refractivity contribution is 6.32. The molecule has 142 valence electrons. The van der Waals surface area contributed by atoms with Crippen LogP contribution in [0.15, 0.2) is 54.6 Å². The SMILES string of the molecule is CCCN(CCC)C(=O)c1ccc(NC(=O)/C=C/c2ccccc2Cl)cc1. The van der Waals surface area contributed by atoms with Crippen LogP contribution < -0.4 is 5.32 Å². The van der Waals surface area contributed by atoms with Crippen molar-refractivity contribution in [3.8, 4) is 0 Å². The van der Waals surface area contributed by atoms with E-state index < -0.39 is 0 Å². The number of hydrogen-bond donors (Lipinski definition) is 1. The molecule has 0 spiro atoms. The van der Waals surface area contributed by atoms with Crippen LogP contribution in [0, 0.1) is 0 Å². The summed E-state index contributed by atoms with van der Waals surface area (Å²) in [5, 5.41) is 3.37. The fourth-order valence-electron chi connectivity index (χ4n) is 2.69. The zero-order valence-electron chi connectivity index (χ0n) is 15.7. The lowest BCUT2D eigenvalue weighted by Gasteiger charge is -2.21. The summed E-state index contributed by atoms with van der Waals surface area (Å²) >= 11 is 6.07. The van der Waals surface area contributed by atoms with Gasteiger partial charge in [-0.25, -0.2) is 0 Å². The molecule has 2 aromatic rings. The highest BCUT2D eigenvalue weighted by Gasteiger charge is 2.14. The first-order chi connectivity index (χ1) is 13.0. The number of hydrogen-bond acceptors (Lipinski definition) is 2. The molecule has 0 saturated heterocycles. The second-order valence-electron chi connectivity index (χ2n) is 6.21. The molecule has 0 aromatic heterocycles. The summed E-state index contributed by atoms with van der Waals surface area (Å²) in [4.78, 5) is 26.5. The molecule has 0 radical (unpaired) electrons. The fourth-order valence-corrected chi connectivity index (χ4v) is 2.89. The van der Waals surface area contributed by atoms with Crippen molar-refractivity contribution in [1.29, 1.82) is 0 Å². The Morgan fingerprint density at radius 3 is 2.22 bits per heavy atom. The Morgan fingerprint density at radius 2 is 1.63 bits per heavy atom. The summed E-state index contributed by atoms with van der Waals surface area (Å²) in [5.41, 5.74) is 2.04. The lowest BCUT2D eigenvalue weighted by Crippen LogP contribution is -2.32. The van der Waals surface area contributed by atoms with Crippen molar-refractivity contribution in [2.24, 2.45) is 0 Å². The number of nitrogens with zero attached hydrogens (tertiary/aromatic N) is 1. The minimum absolute atomic E-state index is 0.0233. The van der Waals surface area contributed by atoms with Gasteiger partial charge in [-0.1, -0.05) is 43.6 Å². The van der Waals surface area contributed by atoms with Gasteiger partial charge in [-0.2, -0.15) is 0 Å². The number of benzene rings is 2. The van der Waals surface area contributed by atoms with Crippen LogP contribution in [-0.4, -0.2) is 29.8 Å². The molecule has 0 aliphatic heterocycles. The topological polar surface area (TPSA) is 49.4 Å². The highest BCUT2D eigenvalue weighted by Crippen LogP contribution is 2.17. The minimum atomic E-state index is -0.257. The zero-order valence-corrected chi connectivity index (χ0v) is 16.5. The molecule has 1 N–H and O–H groups in total. The predicted octanol–water partition coefficient (Wildman–Crippen LogP) is 5.25. The van der Waals surface area contributed by atoms with Crippen LogP contribution in [0.1, 0.15) is 42.6 Å². The number of carbonyl (C=O) groups excluding carboxylic acids is 2. The van der Waals surface area contributed by atoms with Gasteiger partial charge in [-0.15, -0.1) is 0 Å². The van der Waals surface area contributed by atoms with Crippen molar-refractivity contribution < 1.29 is 9.59 Å². The highest BCUT2D eigenvalue weighted by atomic mass is 35.5. The maximum Gasteiger partial charge on any atom is 0.253 e. The van der Waals surface area contributed by atoms with Crippen molar-refractivity contribution in [3.63, 3.8) is 0 Å². The first-order valence-corrected chi connectivity index (χ1v) is 9.55. The second-order valence-corrected chi connectivity index (χ2v) is 6.62. The maximum absolute atomic E-state index is 12.6. The summed E-state index contributed by atoms with van der Waals surface area (Å²) in [5.74, 6) is -0.234. The number of amides is 2. The molecule has 0 bridgehead atoms. The van der Waals surface area contributed by atoms with Crippen LogP contribution in [0.5, 0.6) is 0 Å². The Bertz CT molecular complexity index is 794. The molecule has 2 amide bonds. The van der Waals surface area contributed by atoms with E-state index in [-0.39, 0.29) is 11.8 Å². The summed E-state index contributed by atoms with van der Waals surface area (Å²) in [6.07, 6.45) is 4.96.